The Balaban J connectivity index is 2.92. The maximum atomic E-state index is 4.23. The number of aryl methyl sites for hydroxylation is 3. The largest absolute Gasteiger partial charge is 0.167 e. The Morgan fingerprint density at radius 3 is 2.60 bits per heavy atom. The summed E-state index contributed by atoms with van der Waals surface area (Å²) in [5, 5.41) is 4.23. The summed E-state index contributed by atoms with van der Waals surface area (Å²) in [6, 6.07) is 0. The van der Waals surface area contributed by atoms with E-state index in [4.69, 9.17) is 0 Å². The fourth-order valence-electron chi connectivity index (χ4n) is 0.986. The van der Waals surface area contributed by atoms with Gasteiger partial charge in [0.25, 0.3) is 0 Å². The molecule has 1 aromatic heterocycles. The van der Waals surface area contributed by atoms with Crippen molar-refractivity contribution in [2.75, 3.05) is 0 Å². The first-order chi connectivity index (χ1) is 4.77. The van der Waals surface area contributed by atoms with Crippen LogP contribution in [0.1, 0.15) is 19.5 Å². The van der Waals surface area contributed by atoms with Gasteiger partial charge >= 0.3 is 0 Å². The van der Waals surface area contributed by atoms with Crippen molar-refractivity contribution in [3.05, 3.63) is 11.9 Å². The van der Waals surface area contributed by atoms with Gasteiger partial charge in [-0.3, -0.25) is 0 Å². The summed E-state index contributed by atoms with van der Waals surface area (Å²) >= 11 is 0. The molecule has 0 N–H and O–H groups in total. The van der Waals surface area contributed by atoms with Crippen LogP contribution in [0.2, 0.25) is 0 Å². The highest BCUT2D eigenvalue weighted by Gasteiger charge is 2.07. The SMILES string of the molecule is CCc1c[n+](CC)nn1C. The number of hydrogen-bond acceptors (Lipinski definition) is 1. The van der Waals surface area contributed by atoms with Crippen LogP contribution in [0.5, 0.6) is 0 Å². The van der Waals surface area contributed by atoms with E-state index in [1.165, 1.54) is 5.69 Å². The molecule has 1 aromatic rings. The van der Waals surface area contributed by atoms with Gasteiger partial charge in [-0.25, -0.2) is 0 Å². The third-order valence-corrected chi connectivity index (χ3v) is 1.65. The second-order valence-corrected chi connectivity index (χ2v) is 2.34. The summed E-state index contributed by atoms with van der Waals surface area (Å²) in [6.07, 6.45) is 3.14. The molecule has 0 unspecified atom stereocenters. The van der Waals surface area contributed by atoms with Crippen molar-refractivity contribution in [1.29, 1.82) is 0 Å². The predicted octanol–water partition coefficient (Wildman–Crippen LogP) is 0.290. The standard InChI is InChI=1S/C7H14N3/c1-4-7-6-10(5-2)8-9(7)3/h6H,4-5H2,1-3H3/q+1. The summed E-state index contributed by atoms with van der Waals surface area (Å²) < 4.78 is 3.86. The molecule has 3 heteroatoms. The maximum Gasteiger partial charge on any atom is 0.167 e. The van der Waals surface area contributed by atoms with E-state index >= 15 is 0 Å². The van der Waals surface area contributed by atoms with Gasteiger partial charge < -0.3 is 0 Å². The van der Waals surface area contributed by atoms with E-state index in [-0.39, 0.29) is 0 Å². The van der Waals surface area contributed by atoms with Crippen LogP contribution in [0.25, 0.3) is 0 Å². The molecule has 0 atom stereocenters. The smallest absolute Gasteiger partial charge is 0.138 e. The van der Waals surface area contributed by atoms with Gasteiger partial charge in [0, 0.05) is 6.42 Å². The average molecular weight is 140 g/mol. The molecule has 0 aliphatic rings. The van der Waals surface area contributed by atoms with E-state index in [1.54, 1.807) is 0 Å². The van der Waals surface area contributed by atoms with Gasteiger partial charge in [0.2, 0.25) is 0 Å². The highest BCUT2D eigenvalue weighted by molar-refractivity contribution is 4.87. The van der Waals surface area contributed by atoms with Crippen LogP contribution in [0, 0.1) is 0 Å². The third kappa shape index (κ3) is 1.17. The Bertz CT molecular complexity index is 215. The highest BCUT2D eigenvalue weighted by atomic mass is 15.5. The number of nitrogens with zero attached hydrogens (tertiary/aromatic N) is 3. The van der Waals surface area contributed by atoms with E-state index in [2.05, 4.69) is 25.3 Å². The zero-order valence-electron chi connectivity index (χ0n) is 6.83. The molecule has 0 amide bonds. The van der Waals surface area contributed by atoms with E-state index in [9.17, 15) is 0 Å². The Hall–Kier alpha value is -0.860. The summed E-state index contributed by atoms with van der Waals surface area (Å²) in [6.45, 7) is 5.18. The van der Waals surface area contributed by atoms with Crippen LogP contribution in [0.3, 0.4) is 0 Å². The predicted molar refractivity (Wildman–Crippen MR) is 38.5 cm³/mol. The summed E-state index contributed by atoms with van der Waals surface area (Å²) in [7, 11) is 1.98. The first kappa shape index (κ1) is 7.25. The minimum atomic E-state index is 0.952. The maximum absolute atomic E-state index is 4.23. The molecule has 0 aromatic carbocycles. The first-order valence-electron chi connectivity index (χ1n) is 3.70. The molecule has 0 spiro atoms. The van der Waals surface area contributed by atoms with Crippen LogP contribution in [-0.2, 0) is 20.0 Å². The molecule has 1 heterocycles. The molecule has 0 aliphatic heterocycles. The molecule has 0 radical (unpaired) electrons. The highest BCUT2D eigenvalue weighted by Crippen LogP contribution is 1.91. The molecule has 0 aliphatic carbocycles. The normalized spacial score (nSPS) is 10.3. The second kappa shape index (κ2) is 2.82. The zero-order chi connectivity index (χ0) is 7.56. The fraction of sp³-hybridized carbons (Fsp3) is 0.714. The summed E-state index contributed by atoms with van der Waals surface area (Å²) in [5.41, 5.74) is 1.28. The van der Waals surface area contributed by atoms with Crippen molar-refractivity contribution in [2.45, 2.75) is 26.8 Å². The Kier molecular flexibility index (Phi) is 2.04. The second-order valence-electron chi connectivity index (χ2n) is 2.34. The lowest BCUT2D eigenvalue weighted by molar-refractivity contribution is -0.752. The fourth-order valence-corrected chi connectivity index (χ4v) is 0.986. The van der Waals surface area contributed by atoms with Crippen LogP contribution in [0.15, 0.2) is 6.20 Å². The monoisotopic (exact) mass is 140 g/mol. The lowest BCUT2D eigenvalue weighted by Gasteiger charge is -1.81. The summed E-state index contributed by atoms with van der Waals surface area (Å²) in [5.74, 6) is 0. The minimum Gasteiger partial charge on any atom is -0.138 e. The number of rotatable bonds is 2. The lowest BCUT2D eigenvalue weighted by Crippen LogP contribution is -2.34. The molecule has 0 saturated heterocycles. The Morgan fingerprint density at radius 2 is 2.30 bits per heavy atom. The molecule has 0 saturated carbocycles. The van der Waals surface area contributed by atoms with Crippen LogP contribution in [-0.4, -0.2) is 9.90 Å². The van der Waals surface area contributed by atoms with Crippen LogP contribution >= 0.6 is 0 Å². The van der Waals surface area contributed by atoms with Crippen molar-refractivity contribution < 1.29 is 4.68 Å². The molecule has 0 bridgehead atoms. The van der Waals surface area contributed by atoms with E-state index in [0.717, 1.165) is 13.0 Å². The van der Waals surface area contributed by atoms with Crippen molar-refractivity contribution in [1.82, 2.24) is 9.90 Å². The Labute approximate surface area is 61.3 Å². The van der Waals surface area contributed by atoms with Gasteiger partial charge in [-0.1, -0.05) is 6.92 Å². The quantitative estimate of drug-likeness (QED) is 0.541. The molecule has 3 nitrogen and oxygen atoms in total. The van der Waals surface area contributed by atoms with E-state index < -0.39 is 0 Å². The van der Waals surface area contributed by atoms with Gasteiger partial charge in [0.05, 0.1) is 5.21 Å². The molecule has 10 heavy (non-hydrogen) atoms. The molecular formula is C7H14N3+. The zero-order valence-corrected chi connectivity index (χ0v) is 6.83. The van der Waals surface area contributed by atoms with Crippen molar-refractivity contribution >= 4 is 0 Å². The Morgan fingerprint density at radius 1 is 1.60 bits per heavy atom. The van der Waals surface area contributed by atoms with Gasteiger partial charge in [0.1, 0.15) is 13.6 Å². The third-order valence-electron chi connectivity index (χ3n) is 1.65. The topological polar surface area (TPSA) is 21.7 Å². The average Bonchev–Trinajstić information content (AvgIpc) is 2.30. The molecule has 1 rings (SSSR count). The number of aromatic nitrogens is 3. The number of hydrogen-bond donors (Lipinski definition) is 0. The lowest BCUT2D eigenvalue weighted by atomic mass is 10.4. The van der Waals surface area contributed by atoms with Gasteiger partial charge in [0.15, 0.2) is 11.9 Å². The summed E-state index contributed by atoms with van der Waals surface area (Å²) in [4.78, 5) is 0. The van der Waals surface area contributed by atoms with Crippen LogP contribution in [0.4, 0.5) is 0 Å². The minimum absolute atomic E-state index is 0.952. The van der Waals surface area contributed by atoms with Crippen molar-refractivity contribution in [2.24, 2.45) is 7.05 Å². The van der Waals surface area contributed by atoms with E-state index in [0.29, 0.717) is 0 Å². The first-order valence-corrected chi connectivity index (χ1v) is 3.70. The molecule has 0 fully saturated rings. The van der Waals surface area contributed by atoms with Gasteiger partial charge in [-0.05, 0) is 6.92 Å². The van der Waals surface area contributed by atoms with E-state index in [1.807, 2.05) is 16.4 Å². The van der Waals surface area contributed by atoms with Crippen molar-refractivity contribution in [3.63, 3.8) is 0 Å². The van der Waals surface area contributed by atoms with Crippen molar-refractivity contribution in [3.8, 4) is 0 Å². The van der Waals surface area contributed by atoms with Gasteiger partial charge in [-0.15, -0.1) is 9.36 Å². The molecule has 56 valence electrons. The molecular weight excluding hydrogens is 126 g/mol. The van der Waals surface area contributed by atoms with Crippen LogP contribution < -0.4 is 4.68 Å². The van der Waals surface area contributed by atoms with Gasteiger partial charge in [-0.2, -0.15) is 0 Å².